The Hall–Kier alpha value is -2.86. The van der Waals surface area contributed by atoms with Crippen molar-refractivity contribution in [3.63, 3.8) is 0 Å². The van der Waals surface area contributed by atoms with E-state index >= 15 is 0 Å². The normalized spacial score (nSPS) is 10.6. The van der Waals surface area contributed by atoms with Crippen LogP contribution in [0, 0.1) is 10.1 Å². The average Bonchev–Trinajstić information content (AvgIpc) is 2.65. The SMILES string of the molecule is CSc1ccc([N+](=O)[O-])c(C(=O)N(C)c2ccc3ccccc3c2)c1. The molecule has 0 saturated carbocycles. The van der Waals surface area contributed by atoms with Crippen molar-refractivity contribution >= 4 is 39.8 Å². The van der Waals surface area contributed by atoms with E-state index in [1.165, 1.54) is 22.7 Å². The number of benzene rings is 3. The first kappa shape index (κ1) is 17.0. The maximum atomic E-state index is 12.9. The number of nitro groups is 1. The third kappa shape index (κ3) is 3.34. The van der Waals surface area contributed by atoms with Crippen molar-refractivity contribution in [2.75, 3.05) is 18.2 Å². The molecule has 0 aliphatic rings. The van der Waals surface area contributed by atoms with Crippen LogP contribution in [0.15, 0.2) is 65.6 Å². The number of carbonyl (C=O) groups excluding carboxylic acids is 1. The molecule has 0 spiro atoms. The van der Waals surface area contributed by atoms with Gasteiger partial charge in [-0.05, 0) is 41.3 Å². The Morgan fingerprint density at radius 1 is 1.04 bits per heavy atom. The van der Waals surface area contributed by atoms with Crippen molar-refractivity contribution in [1.29, 1.82) is 0 Å². The monoisotopic (exact) mass is 352 g/mol. The molecule has 0 saturated heterocycles. The highest BCUT2D eigenvalue weighted by Crippen LogP contribution is 2.28. The fourth-order valence-electron chi connectivity index (χ4n) is 2.66. The second-order valence-electron chi connectivity index (χ2n) is 5.54. The highest BCUT2D eigenvalue weighted by molar-refractivity contribution is 7.98. The molecule has 3 aromatic rings. The maximum Gasteiger partial charge on any atom is 0.282 e. The van der Waals surface area contributed by atoms with Gasteiger partial charge in [0.05, 0.1) is 4.92 Å². The van der Waals surface area contributed by atoms with Crippen LogP contribution >= 0.6 is 11.8 Å². The van der Waals surface area contributed by atoms with Gasteiger partial charge in [-0.25, -0.2) is 0 Å². The van der Waals surface area contributed by atoms with Gasteiger partial charge >= 0.3 is 0 Å². The zero-order valence-corrected chi connectivity index (χ0v) is 14.6. The molecule has 25 heavy (non-hydrogen) atoms. The zero-order chi connectivity index (χ0) is 18.0. The van der Waals surface area contributed by atoms with Gasteiger partial charge in [0.25, 0.3) is 11.6 Å². The third-order valence-electron chi connectivity index (χ3n) is 4.06. The minimum absolute atomic E-state index is 0.0903. The summed E-state index contributed by atoms with van der Waals surface area (Å²) in [5.74, 6) is -0.405. The summed E-state index contributed by atoms with van der Waals surface area (Å²) in [6, 6.07) is 18.1. The first-order valence-electron chi connectivity index (χ1n) is 7.60. The highest BCUT2D eigenvalue weighted by Gasteiger charge is 2.24. The van der Waals surface area contributed by atoms with Crippen LogP contribution < -0.4 is 4.90 Å². The number of hydrogen-bond donors (Lipinski definition) is 0. The lowest BCUT2D eigenvalue weighted by Gasteiger charge is -2.18. The summed E-state index contributed by atoms with van der Waals surface area (Å²) in [4.78, 5) is 25.9. The molecule has 0 bridgehead atoms. The van der Waals surface area contributed by atoms with Crippen LogP contribution in [-0.2, 0) is 0 Å². The summed E-state index contributed by atoms with van der Waals surface area (Å²) in [5, 5.41) is 13.4. The van der Waals surface area contributed by atoms with Crippen molar-refractivity contribution in [1.82, 2.24) is 0 Å². The van der Waals surface area contributed by atoms with E-state index < -0.39 is 10.8 Å². The molecule has 3 aromatic carbocycles. The molecule has 0 radical (unpaired) electrons. The number of hydrogen-bond acceptors (Lipinski definition) is 4. The number of thioether (sulfide) groups is 1. The third-order valence-corrected chi connectivity index (χ3v) is 4.78. The molecule has 0 atom stereocenters. The second-order valence-corrected chi connectivity index (χ2v) is 6.42. The van der Waals surface area contributed by atoms with Gasteiger partial charge in [0, 0.05) is 23.7 Å². The van der Waals surface area contributed by atoms with Gasteiger partial charge in [-0.15, -0.1) is 11.8 Å². The van der Waals surface area contributed by atoms with E-state index in [9.17, 15) is 14.9 Å². The summed E-state index contributed by atoms with van der Waals surface area (Å²) < 4.78 is 0. The minimum atomic E-state index is -0.522. The summed E-state index contributed by atoms with van der Waals surface area (Å²) in [6.45, 7) is 0. The Labute approximate surface area is 149 Å². The first-order chi connectivity index (χ1) is 12.0. The van der Waals surface area contributed by atoms with Gasteiger partial charge in [-0.3, -0.25) is 14.9 Å². The Bertz CT molecular complexity index is 972. The van der Waals surface area contributed by atoms with Crippen LogP contribution in [0.4, 0.5) is 11.4 Å². The fraction of sp³-hybridized carbons (Fsp3) is 0.105. The average molecular weight is 352 g/mol. The summed E-state index contributed by atoms with van der Waals surface area (Å²) in [7, 11) is 1.63. The number of nitrogens with zero attached hydrogens (tertiary/aromatic N) is 2. The molecule has 0 aliphatic carbocycles. The van der Waals surface area contributed by atoms with E-state index in [2.05, 4.69) is 0 Å². The summed E-state index contributed by atoms with van der Waals surface area (Å²) >= 11 is 1.44. The zero-order valence-electron chi connectivity index (χ0n) is 13.8. The van der Waals surface area contributed by atoms with E-state index in [1.54, 1.807) is 19.2 Å². The molecule has 1 amide bonds. The molecule has 0 heterocycles. The quantitative estimate of drug-likeness (QED) is 0.386. The van der Waals surface area contributed by atoms with Gasteiger partial charge in [-0.1, -0.05) is 30.3 Å². The van der Waals surface area contributed by atoms with Gasteiger partial charge in [-0.2, -0.15) is 0 Å². The molecule has 0 N–H and O–H groups in total. The van der Waals surface area contributed by atoms with Gasteiger partial charge in [0.15, 0.2) is 0 Å². The molecular weight excluding hydrogens is 336 g/mol. The lowest BCUT2D eigenvalue weighted by Crippen LogP contribution is -2.27. The van der Waals surface area contributed by atoms with Crippen LogP contribution in [0.25, 0.3) is 10.8 Å². The van der Waals surface area contributed by atoms with E-state index in [-0.39, 0.29) is 11.3 Å². The van der Waals surface area contributed by atoms with Crippen molar-refractivity contribution in [3.8, 4) is 0 Å². The Morgan fingerprint density at radius 3 is 2.44 bits per heavy atom. The molecule has 6 heteroatoms. The largest absolute Gasteiger partial charge is 0.311 e. The van der Waals surface area contributed by atoms with E-state index in [4.69, 9.17) is 0 Å². The fourth-order valence-corrected chi connectivity index (χ4v) is 3.10. The molecule has 0 aliphatic heterocycles. The lowest BCUT2D eigenvalue weighted by atomic mass is 10.1. The predicted molar refractivity (Wildman–Crippen MR) is 102 cm³/mol. The van der Waals surface area contributed by atoms with Crippen molar-refractivity contribution in [2.45, 2.75) is 4.90 Å². The molecule has 3 rings (SSSR count). The number of amides is 1. The first-order valence-corrected chi connectivity index (χ1v) is 8.83. The smallest absolute Gasteiger partial charge is 0.282 e. The number of carbonyl (C=O) groups is 1. The molecule has 0 unspecified atom stereocenters. The molecule has 0 aromatic heterocycles. The van der Waals surface area contributed by atoms with Crippen molar-refractivity contribution in [2.24, 2.45) is 0 Å². The standard InChI is InChI=1S/C19H16N2O3S/c1-20(15-8-7-13-5-3-4-6-14(13)11-15)19(22)17-12-16(25-2)9-10-18(17)21(23)24/h3-12H,1-2H3. The van der Waals surface area contributed by atoms with E-state index in [0.717, 1.165) is 15.7 Å². The van der Waals surface area contributed by atoms with Crippen molar-refractivity contribution in [3.05, 3.63) is 76.3 Å². The van der Waals surface area contributed by atoms with E-state index in [0.29, 0.717) is 5.69 Å². The Balaban J connectivity index is 2.02. The number of anilines is 1. The van der Waals surface area contributed by atoms with E-state index in [1.807, 2.05) is 48.7 Å². The lowest BCUT2D eigenvalue weighted by molar-refractivity contribution is -0.385. The van der Waals surface area contributed by atoms with Gasteiger partial charge in [0.1, 0.15) is 5.56 Å². The van der Waals surface area contributed by atoms with Crippen LogP contribution in [0.1, 0.15) is 10.4 Å². The topological polar surface area (TPSA) is 63.5 Å². The summed E-state index contributed by atoms with van der Waals surface area (Å²) in [6.07, 6.45) is 1.86. The predicted octanol–water partition coefficient (Wildman–Crippen LogP) is 4.75. The molecule has 126 valence electrons. The maximum absolute atomic E-state index is 12.9. The van der Waals surface area contributed by atoms with Crippen LogP contribution in [-0.4, -0.2) is 24.1 Å². The molecular formula is C19H16N2O3S. The number of nitro benzene ring substituents is 1. The number of fused-ring (bicyclic) bond motifs is 1. The highest BCUT2D eigenvalue weighted by atomic mass is 32.2. The van der Waals surface area contributed by atoms with Gasteiger partial charge < -0.3 is 4.90 Å². The molecule has 0 fully saturated rings. The molecule has 5 nitrogen and oxygen atoms in total. The minimum Gasteiger partial charge on any atom is -0.311 e. The number of rotatable bonds is 4. The van der Waals surface area contributed by atoms with Crippen LogP contribution in [0.2, 0.25) is 0 Å². The Kier molecular flexibility index (Phi) is 4.72. The Morgan fingerprint density at radius 2 is 1.76 bits per heavy atom. The van der Waals surface area contributed by atoms with Crippen molar-refractivity contribution < 1.29 is 9.72 Å². The second kappa shape index (κ2) is 6.94. The van der Waals surface area contributed by atoms with Crippen LogP contribution in [0.5, 0.6) is 0 Å². The summed E-state index contributed by atoms with van der Waals surface area (Å²) in [5.41, 5.74) is 0.593. The van der Waals surface area contributed by atoms with Crippen LogP contribution in [0.3, 0.4) is 0 Å². The van der Waals surface area contributed by atoms with Gasteiger partial charge in [0.2, 0.25) is 0 Å².